The zero-order chi connectivity index (χ0) is 13.1. The van der Waals surface area contributed by atoms with E-state index < -0.39 is 0 Å². The van der Waals surface area contributed by atoms with Crippen LogP contribution in [0, 0.1) is 17.4 Å². The molecule has 0 N–H and O–H groups in total. The van der Waals surface area contributed by atoms with Crippen LogP contribution in [0.15, 0.2) is 60.7 Å². The molecule has 19 heavy (non-hydrogen) atoms. The summed E-state index contributed by atoms with van der Waals surface area (Å²) in [6.07, 6.45) is 0. The van der Waals surface area contributed by atoms with Crippen molar-refractivity contribution in [3.8, 4) is 17.6 Å². The van der Waals surface area contributed by atoms with Crippen LogP contribution in [0.5, 0.6) is 11.5 Å². The zero-order valence-electron chi connectivity index (χ0n) is 10.1. The van der Waals surface area contributed by atoms with E-state index in [1.807, 2.05) is 42.5 Å². The summed E-state index contributed by atoms with van der Waals surface area (Å²) in [6, 6.07) is 24.1. The lowest BCUT2D eigenvalue weighted by Crippen LogP contribution is -1.86. The molecule has 2 nitrogen and oxygen atoms in total. The lowest BCUT2D eigenvalue weighted by Gasteiger charge is -2.08. The monoisotopic (exact) mass is 244 g/mol. The van der Waals surface area contributed by atoms with Crippen molar-refractivity contribution >= 4 is 10.8 Å². The lowest BCUT2D eigenvalue weighted by atomic mass is 10.1. The topological polar surface area (TPSA) is 33.0 Å². The zero-order valence-corrected chi connectivity index (χ0v) is 10.1. The first-order valence-electron chi connectivity index (χ1n) is 5.94. The van der Waals surface area contributed by atoms with Gasteiger partial charge in [-0.3, -0.25) is 0 Å². The SMILES string of the molecule is N#Cc1cc[c]c(Oc2cccc3ccccc23)c1. The number of benzene rings is 3. The van der Waals surface area contributed by atoms with Gasteiger partial charge < -0.3 is 4.74 Å². The molecular formula is C17H10NO. The Morgan fingerprint density at radius 3 is 2.74 bits per heavy atom. The van der Waals surface area contributed by atoms with Crippen LogP contribution in [-0.4, -0.2) is 0 Å². The molecule has 0 fully saturated rings. The fraction of sp³-hybridized carbons (Fsp3) is 0. The van der Waals surface area contributed by atoms with Crippen molar-refractivity contribution in [1.29, 1.82) is 5.26 Å². The second kappa shape index (κ2) is 4.83. The molecule has 0 unspecified atom stereocenters. The third-order valence-electron chi connectivity index (χ3n) is 2.87. The summed E-state index contributed by atoms with van der Waals surface area (Å²) in [7, 11) is 0. The first-order chi connectivity index (χ1) is 9.36. The van der Waals surface area contributed by atoms with Crippen LogP contribution in [0.3, 0.4) is 0 Å². The normalized spacial score (nSPS) is 10.1. The van der Waals surface area contributed by atoms with E-state index in [1.54, 1.807) is 18.2 Å². The van der Waals surface area contributed by atoms with Gasteiger partial charge in [-0.2, -0.15) is 5.26 Å². The van der Waals surface area contributed by atoms with Crippen molar-refractivity contribution in [2.75, 3.05) is 0 Å². The smallest absolute Gasteiger partial charge is 0.136 e. The Morgan fingerprint density at radius 1 is 1.00 bits per heavy atom. The highest BCUT2D eigenvalue weighted by Crippen LogP contribution is 2.29. The second-order valence-corrected chi connectivity index (χ2v) is 4.13. The lowest BCUT2D eigenvalue weighted by molar-refractivity contribution is 0.487. The minimum Gasteiger partial charge on any atom is -0.456 e. The standard InChI is InChI=1S/C17H10NO/c18-12-13-5-3-8-15(11-13)19-17-10-4-7-14-6-1-2-9-16(14)17/h1-7,9-11H. The van der Waals surface area contributed by atoms with Gasteiger partial charge >= 0.3 is 0 Å². The van der Waals surface area contributed by atoms with Crippen molar-refractivity contribution in [3.05, 3.63) is 72.3 Å². The molecule has 89 valence electrons. The molecule has 0 aromatic heterocycles. The van der Waals surface area contributed by atoms with E-state index in [2.05, 4.69) is 12.1 Å². The molecule has 3 aromatic rings. The molecule has 0 aliphatic carbocycles. The van der Waals surface area contributed by atoms with Crippen LogP contribution in [0.1, 0.15) is 5.56 Å². The van der Waals surface area contributed by atoms with Gasteiger partial charge in [-0.05, 0) is 29.7 Å². The van der Waals surface area contributed by atoms with Crippen molar-refractivity contribution in [1.82, 2.24) is 0 Å². The van der Waals surface area contributed by atoms with Gasteiger partial charge in [0.25, 0.3) is 0 Å². The maximum atomic E-state index is 8.88. The van der Waals surface area contributed by atoms with E-state index in [0.717, 1.165) is 16.5 Å². The molecule has 3 rings (SSSR count). The average molecular weight is 244 g/mol. The summed E-state index contributed by atoms with van der Waals surface area (Å²) in [4.78, 5) is 0. The quantitative estimate of drug-likeness (QED) is 0.673. The molecule has 3 aromatic carbocycles. The van der Waals surface area contributed by atoms with E-state index in [4.69, 9.17) is 10.00 Å². The highest BCUT2D eigenvalue weighted by atomic mass is 16.5. The Balaban J connectivity index is 2.04. The largest absolute Gasteiger partial charge is 0.456 e. The third kappa shape index (κ3) is 2.27. The van der Waals surface area contributed by atoms with Gasteiger partial charge in [0.15, 0.2) is 0 Å². The fourth-order valence-electron chi connectivity index (χ4n) is 1.98. The van der Waals surface area contributed by atoms with Gasteiger partial charge in [0.05, 0.1) is 11.6 Å². The second-order valence-electron chi connectivity index (χ2n) is 4.13. The first kappa shape index (κ1) is 11.3. The molecule has 0 aliphatic heterocycles. The molecule has 0 spiro atoms. The van der Waals surface area contributed by atoms with Crippen LogP contribution in [-0.2, 0) is 0 Å². The number of ether oxygens (including phenoxy) is 1. The summed E-state index contributed by atoms with van der Waals surface area (Å²) in [5, 5.41) is 11.0. The van der Waals surface area contributed by atoms with Crippen LogP contribution in [0.4, 0.5) is 0 Å². The predicted octanol–water partition coefficient (Wildman–Crippen LogP) is 4.30. The number of hydrogen-bond acceptors (Lipinski definition) is 2. The molecule has 0 saturated heterocycles. The fourth-order valence-corrected chi connectivity index (χ4v) is 1.98. The van der Waals surface area contributed by atoms with E-state index in [0.29, 0.717) is 11.3 Å². The number of hydrogen-bond donors (Lipinski definition) is 0. The maximum absolute atomic E-state index is 8.88. The van der Waals surface area contributed by atoms with Crippen molar-refractivity contribution < 1.29 is 4.74 Å². The van der Waals surface area contributed by atoms with Crippen molar-refractivity contribution in [2.45, 2.75) is 0 Å². The van der Waals surface area contributed by atoms with Crippen LogP contribution < -0.4 is 4.74 Å². The van der Waals surface area contributed by atoms with Gasteiger partial charge in [-0.25, -0.2) is 0 Å². The summed E-state index contributed by atoms with van der Waals surface area (Å²) in [5.74, 6) is 1.32. The van der Waals surface area contributed by atoms with Gasteiger partial charge in [0, 0.05) is 11.5 Å². The molecule has 1 radical (unpaired) electrons. The van der Waals surface area contributed by atoms with Crippen LogP contribution in [0.2, 0.25) is 0 Å². The summed E-state index contributed by atoms with van der Waals surface area (Å²) >= 11 is 0. The van der Waals surface area contributed by atoms with Gasteiger partial charge in [0.1, 0.15) is 11.5 Å². The van der Waals surface area contributed by atoms with Crippen LogP contribution in [0.25, 0.3) is 10.8 Å². The first-order valence-corrected chi connectivity index (χ1v) is 5.94. The molecule has 0 heterocycles. The molecular weight excluding hydrogens is 234 g/mol. The molecule has 0 aliphatic rings. The Labute approximate surface area is 111 Å². The van der Waals surface area contributed by atoms with Crippen LogP contribution >= 0.6 is 0 Å². The highest BCUT2D eigenvalue weighted by molar-refractivity contribution is 5.88. The summed E-state index contributed by atoms with van der Waals surface area (Å²) < 4.78 is 5.83. The molecule has 0 saturated carbocycles. The Kier molecular flexibility index (Phi) is 2.88. The number of rotatable bonds is 2. The van der Waals surface area contributed by atoms with Gasteiger partial charge in [0.2, 0.25) is 0 Å². The number of fused-ring (bicyclic) bond motifs is 1. The minimum atomic E-state index is 0.551. The minimum absolute atomic E-state index is 0.551. The van der Waals surface area contributed by atoms with E-state index in [9.17, 15) is 0 Å². The summed E-state index contributed by atoms with van der Waals surface area (Å²) in [6.45, 7) is 0. The number of nitrogens with zero attached hydrogens (tertiary/aromatic N) is 1. The van der Waals surface area contributed by atoms with Crippen molar-refractivity contribution in [3.63, 3.8) is 0 Å². The highest BCUT2D eigenvalue weighted by Gasteiger charge is 2.03. The molecule has 0 bridgehead atoms. The Morgan fingerprint density at radius 2 is 1.84 bits per heavy atom. The molecule has 0 atom stereocenters. The van der Waals surface area contributed by atoms with E-state index in [-0.39, 0.29) is 0 Å². The maximum Gasteiger partial charge on any atom is 0.136 e. The van der Waals surface area contributed by atoms with E-state index in [1.165, 1.54) is 0 Å². The average Bonchev–Trinajstić information content (AvgIpc) is 2.48. The summed E-state index contributed by atoms with van der Waals surface area (Å²) in [5.41, 5.74) is 0.564. The predicted molar refractivity (Wildman–Crippen MR) is 74.0 cm³/mol. The van der Waals surface area contributed by atoms with Gasteiger partial charge in [-0.15, -0.1) is 0 Å². The van der Waals surface area contributed by atoms with Gasteiger partial charge in [-0.1, -0.05) is 36.4 Å². The number of nitriles is 1. The Hall–Kier alpha value is -2.79. The molecule has 2 heteroatoms. The van der Waals surface area contributed by atoms with E-state index >= 15 is 0 Å². The van der Waals surface area contributed by atoms with Crippen molar-refractivity contribution in [2.24, 2.45) is 0 Å². The third-order valence-corrected chi connectivity index (χ3v) is 2.87. The Bertz CT molecular complexity index is 766. The molecule has 0 amide bonds.